The number of carbonyl (C=O) groups excluding carboxylic acids is 1. The number of aromatic nitrogens is 2. The standard InChI is InChI=1S/C20H19N3O2/c1-13-8-9-17(10-14(13)2)23-12-16(11-18(23)24)19-21-20(25-22-19)15-6-4-3-5-7-15/h3-10,16H,11-12H2,1-2H3. The Balaban J connectivity index is 1.56. The van der Waals surface area contributed by atoms with Gasteiger partial charge in [-0.2, -0.15) is 4.98 Å². The number of nitrogens with zero attached hydrogens (tertiary/aromatic N) is 3. The lowest BCUT2D eigenvalue weighted by atomic mass is 10.1. The summed E-state index contributed by atoms with van der Waals surface area (Å²) in [6, 6.07) is 15.8. The number of benzene rings is 2. The van der Waals surface area contributed by atoms with Gasteiger partial charge >= 0.3 is 0 Å². The van der Waals surface area contributed by atoms with Crippen molar-refractivity contribution < 1.29 is 9.32 Å². The summed E-state index contributed by atoms with van der Waals surface area (Å²) in [7, 11) is 0. The van der Waals surface area contributed by atoms with E-state index in [0.717, 1.165) is 11.3 Å². The lowest BCUT2D eigenvalue weighted by Crippen LogP contribution is -2.24. The monoisotopic (exact) mass is 333 g/mol. The highest BCUT2D eigenvalue weighted by Crippen LogP contribution is 2.32. The first-order chi connectivity index (χ1) is 12.1. The molecule has 1 unspecified atom stereocenters. The molecule has 126 valence electrons. The summed E-state index contributed by atoms with van der Waals surface area (Å²) in [5.74, 6) is 1.14. The molecule has 1 saturated heterocycles. The molecule has 1 atom stereocenters. The minimum absolute atomic E-state index is 0.0460. The van der Waals surface area contributed by atoms with Crippen molar-refractivity contribution in [2.45, 2.75) is 26.2 Å². The van der Waals surface area contributed by atoms with Gasteiger partial charge in [-0.1, -0.05) is 29.4 Å². The highest BCUT2D eigenvalue weighted by molar-refractivity contribution is 5.96. The van der Waals surface area contributed by atoms with E-state index in [1.165, 1.54) is 11.1 Å². The molecule has 0 N–H and O–H groups in total. The summed E-state index contributed by atoms with van der Waals surface area (Å²) in [5, 5.41) is 4.10. The summed E-state index contributed by atoms with van der Waals surface area (Å²) in [5.41, 5.74) is 4.22. The third kappa shape index (κ3) is 2.93. The van der Waals surface area contributed by atoms with Gasteiger partial charge in [-0.15, -0.1) is 0 Å². The van der Waals surface area contributed by atoms with Crippen molar-refractivity contribution in [1.82, 2.24) is 10.1 Å². The van der Waals surface area contributed by atoms with E-state index in [1.54, 1.807) is 0 Å². The maximum absolute atomic E-state index is 12.5. The lowest BCUT2D eigenvalue weighted by molar-refractivity contribution is -0.117. The second-order valence-corrected chi connectivity index (χ2v) is 6.50. The topological polar surface area (TPSA) is 59.2 Å². The Morgan fingerprint density at radius 2 is 1.88 bits per heavy atom. The van der Waals surface area contributed by atoms with Crippen molar-refractivity contribution in [3.05, 3.63) is 65.5 Å². The van der Waals surface area contributed by atoms with Crippen LogP contribution < -0.4 is 4.90 Å². The maximum atomic E-state index is 12.5. The molecule has 4 rings (SSSR count). The zero-order valence-corrected chi connectivity index (χ0v) is 14.3. The number of rotatable bonds is 3. The first-order valence-corrected chi connectivity index (χ1v) is 8.38. The van der Waals surface area contributed by atoms with Crippen molar-refractivity contribution in [1.29, 1.82) is 0 Å². The molecule has 1 amide bonds. The Labute approximate surface area is 146 Å². The summed E-state index contributed by atoms with van der Waals surface area (Å²) < 4.78 is 5.38. The number of hydrogen-bond donors (Lipinski definition) is 0. The molecule has 0 spiro atoms. The van der Waals surface area contributed by atoms with Gasteiger partial charge in [0.2, 0.25) is 5.91 Å². The Bertz CT molecular complexity index is 918. The molecule has 5 nitrogen and oxygen atoms in total. The van der Waals surface area contributed by atoms with Crippen LogP contribution in [-0.2, 0) is 4.79 Å². The smallest absolute Gasteiger partial charge is 0.257 e. The molecule has 1 fully saturated rings. The number of amides is 1. The first kappa shape index (κ1) is 15.6. The maximum Gasteiger partial charge on any atom is 0.257 e. The molecule has 0 bridgehead atoms. The van der Waals surface area contributed by atoms with Crippen LogP contribution in [0.3, 0.4) is 0 Å². The van der Waals surface area contributed by atoms with Crippen LogP contribution in [-0.4, -0.2) is 22.6 Å². The molecule has 0 radical (unpaired) electrons. The molecule has 2 aromatic carbocycles. The van der Waals surface area contributed by atoms with Gasteiger partial charge < -0.3 is 9.42 Å². The SMILES string of the molecule is Cc1ccc(N2CC(c3noc(-c4ccccc4)n3)CC2=O)cc1C. The minimum Gasteiger partial charge on any atom is -0.334 e. The molecule has 1 aromatic heterocycles. The van der Waals surface area contributed by atoms with Gasteiger partial charge in [-0.25, -0.2) is 0 Å². The van der Waals surface area contributed by atoms with Crippen molar-refractivity contribution in [2.24, 2.45) is 0 Å². The van der Waals surface area contributed by atoms with Crippen LogP contribution in [0.25, 0.3) is 11.5 Å². The first-order valence-electron chi connectivity index (χ1n) is 8.38. The Morgan fingerprint density at radius 1 is 1.08 bits per heavy atom. The zero-order valence-electron chi connectivity index (χ0n) is 14.3. The van der Waals surface area contributed by atoms with E-state index in [-0.39, 0.29) is 11.8 Å². The molecular weight excluding hydrogens is 314 g/mol. The predicted molar refractivity (Wildman–Crippen MR) is 95.4 cm³/mol. The molecule has 5 heteroatoms. The highest BCUT2D eigenvalue weighted by Gasteiger charge is 2.34. The van der Waals surface area contributed by atoms with Crippen LogP contribution in [0, 0.1) is 13.8 Å². The average Bonchev–Trinajstić information content (AvgIpc) is 3.25. The Morgan fingerprint density at radius 3 is 2.64 bits per heavy atom. The average molecular weight is 333 g/mol. The predicted octanol–water partition coefficient (Wildman–Crippen LogP) is 3.87. The quantitative estimate of drug-likeness (QED) is 0.730. The molecule has 25 heavy (non-hydrogen) atoms. The summed E-state index contributed by atoms with van der Waals surface area (Å²) in [6.07, 6.45) is 0.403. The molecule has 3 aromatic rings. The van der Waals surface area contributed by atoms with E-state index in [9.17, 15) is 4.79 Å². The van der Waals surface area contributed by atoms with Crippen LogP contribution in [0.15, 0.2) is 53.1 Å². The number of hydrogen-bond acceptors (Lipinski definition) is 4. The van der Waals surface area contributed by atoms with Crippen LogP contribution in [0.4, 0.5) is 5.69 Å². The third-order valence-electron chi connectivity index (χ3n) is 4.75. The van der Waals surface area contributed by atoms with Gasteiger partial charge in [0, 0.05) is 30.1 Å². The van der Waals surface area contributed by atoms with Crippen molar-refractivity contribution >= 4 is 11.6 Å². The zero-order chi connectivity index (χ0) is 17.4. The van der Waals surface area contributed by atoms with Gasteiger partial charge in [0.25, 0.3) is 5.89 Å². The second kappa shape index (κ2) is 6.16. The minimum atomic E-state index is -0.0460. The summed E-state index contributed by atoms with van der Waals surface area (Å²) >= 11 is 0. The van der Waals surface area contributed by atoms with Crippen LogP contribution in [0.5, 0.6) is 0 Å². The Hall–Kier alpha value is -2.95. The molecule has 2 heterocycles. The molecule has 0 aliphatic carbocycles. The number of anilines is 1. The van der Waals surface area contributed by atoms with Crippen LogP contribution in [0.2, 0.25) is 0 Å². The van der Waals surface area contributed by atoms with Gasteiger partial charge in [-0.05, 0) is 49.2 Å². The Kier molecular flexibility index (Phi) is 3.84. The van der Waals surface area contributed by atoms with E-state index < -0.39 is 0 Å². The summed E-state index contributed by atoms with van der Waals surface area (Å²) in [4.78, 5) is 18.8. The second-order valence-electron chi connectivity index (χ2n) is 6.50. The molecule has 0 saturated carbocycles. The van der Waals surface area contributed by atoms with E-state index >= 15 is 0 Å². The lowest BCUT2D eigenvalue weighted by Gasteiger charge is -2.17. The largest absolute Gasteiger partial charge is 0.334 e. The third-order valence-corrected chi connectivity index (χ3v) is 4.75. The molecular formula is C20H19N3O2. The van der Waals surface area contributed by atoms with Gasteiger partial charge in [0.15, 0.2) is 5.82 Å². The fraction of sp³-hybridized carbons (Fsp3) is 0.250. The molecule has 1 aliphatic rings. The fourth-order valence-electron chi connectivity index (χ4n) is 3.12. The van der Waals surface area contributed by atoms with E-state index in [4.69, 9.17) is 4.52 Å². The summed E-state index contributed by atoms with van der Waals surface area (Å²) in [6.45, 7) is 4.70. The normalized spacial score (nSPS) is 17.3. The number of carbonyl (C=O) groups is 1. The van der Waals surface area contributed by atoms with E-state index in [1.807, 2.05) is 47.4 Å². The van der Waals surface area contributed by atoms with Gasteiger partial charge in [0.05, 0.1) is 0 Å². The van der Waals surface area contributed by atoms with Crippen LogP contribution in [0.1, 0.15) is 29.3 Å². The van der Waals surface area contributed by atoms with Gasteiger partial charge in [-0.3, -0.25) is 4.79 Å². The van der Waals surface area contributed by atoms with Crippen molar-refractivity contribution in [3.8, 4) is 11.5 Å². The van der Waals surface area contributed by atoms with E-state index in [2.05, 4.69) is 30.1 Å². The fourth-order valence-corrected chi connectivity index (χ4v) is 3.12. The van der Waals surface area contributed by atoms with Gasteiger partial charge in [0.1, 0.15) is 0 Å². The van der Waals surface area contributed by atoms with Crippen molar-refractivity contribution in [3.63, 3.8) is 0 Å². The number of aryl methyl sites for hydroxylation is 2. The van der Waals surface area contributed by atoms with Crippen molar-refractivity contribution in [2.75, 3.05) is 11.4 Å². The van der Waals surface area contributed by atoms with Crippen LogP contribution >= 0.6 is 0 Å². The van der Waals surface area contributed by atoms with E-state index in [0.29, 0.717) is 24.7 Å². The molecule has 1 aliphatic heterocycles. The highest BCUT2D eigenvalue weighted by atomic mass is 16.5.